The number of nitrogens with zero attached hydrogens (tertiary/aromatic N) is 1. The van der Waals surface area contributed by atoms with E-state index in [1.807, 2.05) is 44.2 Å². The number of rotatable bonds is 4. The molecular formula is C17H18N4O2S. The number of thiocarbonyl (C=S) groups is 1. The van der Waals surface area contributed by atoms with E-state index in [1.54, 1.807) is 6.20 Å². The van der Waals surface area contributed by atoms with Gasteiger partial charge < -0.3 is 15.4 Å². The Morgan fingerprint density at radius 3 is 2.71 bits per heavy atom. The largest absolute Gasteiger partial charge is 0.457 e. The Kier molecular flexibility index (Phi) is 4.61. The van der Waals surface area contributed by atoms with Crippen LogP contribution in [0.25, 0.3) is 0 Å². The first-order valence-electron chi connectivity index (χ1n) is 7.55. The lowest BCUT2D eigenvalue weighted by Crippen LogP contribution is -2.45. The van der Waals surface area contributed by atoms with Gasteiger partial charge in [0.15, 0.2) is 5.11 Å². The highest BCUT2D eigenvalue weighted by Gasteiger charge is 2.32. The van der Waals surface area contributed by atoms with E-state index in [4.69, 9.17) is 17.0 Å². The number of hydrogen-bond donors (Lipinski definition) is 3. The fraction of sp³-hybridized carbons (Fsp3) is 0.235. The van der Waals surface area contributed by atoms with E-state index in [1.165, 1.54) is 0 Å². The van der Waals surface area contributed by atoms with Gasteiger partial charge in [-0.2, -0.15) is 5.10 Å². The summed E-state index contributed by atoms with van der Waals surface area (Å²) in [4.78, 5) is 12.7. The van der Waals surface area contributed by atoms with E-state index in [0.29, 0.717) is 16.4 Å². The van der Waals surface area contributed by atoms with Crippen LogP contribution in [0.1, 0.15) is 29.8 Å². The van der Waals surface area contributed by atoms with E-state index in [0.717, 1.165) is 16.8 Å². The lowest BCUT2D eigenvalue weighted by atomic mass is 9.96. The van der Waals surface area contributed by atoms with Crippen LogP contribution < -0.4 is 10.6 Å². The van der Waals surface area contributed by atoms with Gasteiger partial charge in [-0.25, -0.2) is 4.79 Å². The molecule has 1 unspecified atom stereocenters. The van der Waals surface area contributed by atoms with Gasteiger partial charge in [0, 0.05) is 17.0 Å². The lowest BCUT2D eigenvalue weighted by Gasteiger charge is -2.29. The normalized spacial score (nSPS) is 17.2. The number of allylic oxidation sites excluding steroid dienone is 1. The van der Waals surface area contributed by atoms with Gasteiger partial charge in [0.2, 0.25) is 0 Å². The van der Waals surface area contributed by atoms with Gasteiger partial charge in [-0.3, -0.25) is 5.10 Å². The number of nitrogens with one attached hydrogen (secondary N) is 3. The van der Waals surface area contributed by atoms with Crippen molar-refractivity contribution in [1.82, 2.24) is 20.8 Å². The molecule has 0 saturated carbocycles. The summed E-state index contributed by atoms with van der Waals surface area (Å²) in [6.45, 7) is 3.93. The monoisotopic (exact) mass is 342 g/mol. The molecule has 2 heterocycles. The van der Waals surface area contributed by atoms with Crippen LogP contribution in [0.3, 0.4) is 0 Å². The van der Waals surface area contributed by atoms with Crippen molar-refractivity contribution in [2.45, 2.75) is 26.5 Å². The molecule has 3 rings (SSSR count). The average Bonchev–Trinajstić information content (AvgIpc) is 2.99. The second-order valence-corrected chi connectivity index (χ2v) is 5.99. The van der Waals surface area contributed by atoms with Gasteiger partial charge in [-0.1, -0.05) is 30.3 Å². The average molecular weight is 342 g/mol. The van der Waals surface area contributed by atoms with Gasteiger partial charge in [0.25, 0.3) is 0 Å². The maximum absolute atomic E-state index is 12.7. The molecule has 1 aromatic carbocycles. The molecule has 3 N–H and O–H groups in total. The SMILES string of the molecule is CC1=C(C(=O)OCc2ccccc2)C(c2cn[nH]c2C)NC(=S)N1. The number of aromatic amines is 1. The van der Waals surface area contributed by atoms with Crippen LogP contribution in [0.5, 0.6) is 0 Å². The molecule has 24 heavy (non-hydrogen) atoms. The van der Waals surface area contributed by atoms with Crippen molar-refractivity contribution < 1.29 is 9.53 Å². The van der Waals surface area contributed by atoms with Crippen molar-refractivity contribution in [3.8, 4) is 0 Å². The summed E-state index contributed by atoms with van der Waals surface area (Å²) in [5.74, 6) is -0.385. The zero-order valence-electron chi connectivity index (χ0n) is 13.4. The van der Waals surface area contributed by atoms with E-state index < -0.39 is 0 Å². The molecule has 7 heteroatoms. The number of benzene rings is 1. The lowest BCUT2D eigenvalue weighted by molar-refractivity contribution is -0.140. The molecule has 1 aliphatic heterocycles. The Bertz CT molecular complexity index is 798. The fourth-order valence-electron chi connectivity index (χ4n) is 2.65. The number of ether oxygens (including phenoxy) is 1. The maximum atomic E-state index is 12.7. The standard InChI is InChI=1S/C17H18N4O2S/c1-10-13(8-18-21-10)15-14(11(2)19-17(24)20-15)16(22)23-9-12-6-4-3-5-7-12/h3-8,15H,9H2,1-2H3,(H,18,21)(H2,19,20,24). The minimum absolute atomic E-state index is 0.220. The molecule has 6 nitrogen and oxygen atoms in total. The number of aryl methyl sites for hydroxylation is 1. The molecule has 124 valence electrons. The van der Waals surface area contributed by atoms with Crippen LogP contribution in [-0.4, -0.2) is 21.3 Å². The molecule has 1 atom stereocenters. The number of esters is 1. The Labute approximate surface area is 145 Å². The van der Waals surface area contributed by atoms with Gasteiger partial charge in [0.1, 0.15) is 6.61 Å². The molecule has 1 aromatic heterocycles. The minimum atomic E-state index is -0.388. The molecule has 0 aliphatic carbocycles. The molecule has 1 aliphatic rings. The summed E-state index contributed by atoms with van der Waals surface area (Å²) in [7, 11) is 0. The summed E-state index contributed by atoms with van der Waals surface area (Å²) in [6.07, 6.45) is 1.69. The third-order valence-corrected chi connectivity index (χ3v) is 4.10. The van der Waals surface area contributed by atoms with Crippen LogP contribution >= 0.6 is 12.2 Å². The van der Waals surface area contributed by atoms with Crippen molar-refractivity contribution in [3.05, 3.63) is 64.6 Å². The van der Waals surface area contributed by atoms with Gasteiger partial charge in [-0.05, 0) is 31.6 Å². The molecule has 0 saturated heterocycles. The third-order valence-electron chi connectivity index (χ3n) is 3.88. The number of aromatic nitrogens is 2. The van der Waals surface area contributed by atoms with Crippen LogP contribution in [0.15, 0.2) is 47.8 Å². The van der Waals surface area contributed by atoms with Crippen molar-refractivity contribution in [1.29, 1.82) is 0 Å². The first kappa shape index (κ1) is 16.2. The van der Waals surface area contributed by atoms with Gasteiger partial charge in [-0.15, -0.1) is 0 Å². The van der Waals surface area contributed by atoms with E-state index in [9.17, 15) is 4.79 Å². The van der Waals surface area contributed by atoms with Crippen molar-refractivity contribution in [3.63, 3.8) is 0 Å². The van der Waals surface area contributed by atoms with E-state index in [2.05, 4.69) is 20.8 Å². The summed E-state index contributed by atoms with van der Waals surface area (Å²) >= 11 is 5.22. The first-order chi connectivity index (χ1) is 11.6. The molecule has 0 amide bonds. The predicted molar refractivity (Wildman–Crippen MR) is 93.9 cm³/mol. The van der Waals surface area contributed by atoms with E-state index in [-0.39, 0.29) is 18.6 Å². The molecule has 2 aromatic rings. The zero-order chi connectivity index (χ0) is 17.1. The Morgan fingerprint density at radius 2 is 2.04 bits per heavy atom. The van der Waals surface area contributed by atoms with E-state index >= 15 is 0 Å². The maximum Gasteiger partial charge on any atom is 0.338 e. The van der Waals surface area contributed by atoms with Gasteiger partial charge in [0.05, 0.1) is 17.8 Å². The Morgan fingerprint density at radius 1 is 1.29 bits per heavy atom. The predicted octanol–water partition coefficient (Wildman–Crippen LogP) is 2.25. The van der Waals surface area contributed by atoms with Crippen molar-refractivity contribution in [2.75, 3.05) is 0 Å². The summed E-state index contributed by atoms with van der Waals surface area (Å²) in [6, 6.07) is 9.19. The first-order valence-corrected chi connectivity index (χ1v) is 7.96. The molecular weight excluding hydrogens is 324 g/mol. The minimum Gasteiger partial charge on any atom is -0.457 e. The van der Waals surface area contributed by atoms with Crippen LogP contribution in [0.2, 0.25) is 0 Å². The molecule has 0 spiro atoms. The quantitative estimate of drug-likeness (QED) is 0.584. The summed E-state index contributed by atoms with van der Waals surface area (Å²) in [5.41, 5.74) is 3.86. The Balaban J connectivity index is 1.84. The number of carbonyl (C=O) groups excluding carboxylic acids is 1. The number of carbonyl (C=O) groups is 1. The highest BCUT2D eigenvalue weighted by atomic mass is 32.1. The highest BCUT2D eigenvalue weighted by molar-refractivity contribution is 7.80. The zero-order valence-corrected chi connectivity index (χ0v) is 14.2. The van der Waals surface area contributed by atoms with Crippen LogP contribution in [0.4, 0.5) is 0 Å². The second-order valence-electron chi connectivity index (χ2n) is 5.58. The fourth-order valence-corrected chi connectivity index (χ4v) is 2.92. The van der Waals surface area contributed by atoms with Crippen molar-refractivity contribution >= 4 is 23.3 Å². The Hall–Kier alpha value is -2.67. The van der Waals surface area contributed by atoms with Crippen LogP contribution in [0, 0.1) is 6.92 Å². The summed E-state index contributed by atoms with van der Waals surface area (Å²) < 4.78 is 5.49. The molecule has 0 bridgehead atoms. The molecule has 0 radical (unpaired) electrons. The number of H-pyrrole nitrogens is 1. The molecule has 0 fully saturated rings. The topological polar surface area (TPSA) is 79.0 Å². The van der Waals surface area contributed by atoms with Gasteiger partial charge >= 0.3 is 5.97 Å². The van der Waals surface area contributed by atoms with Crippen molar-refractivity contribution in [2.24, 2.45) is 0 Å². The number of hydrogen-bond acceptors (Lipinski definition) is 4. The highest BCUT2D eigenvalue weighted by Crippen LogP contribution is 2.29. The summed E-state index contributed by atoms with van der Waals surface area (Å²) in [5, 5.41) is 13.5. The van der Waals surface area contributed by atoms with Crippen LogP contribution in [-0.2, 0) is 16.1 Å². The smallest absolute Gasteiger partial charge is 0.338 e. The second kappa shape index (κ2) is 6.84. The third kappa shape index (κ3) is 3.30.